The number of aromatic nitrogens is 2. The number of hydrogen-bond acceptors (Lipinski definition) is 7. The van der Waals surface area contributed by atoms with Crippen molar-refractivity contribution in [1.82, 2.24) is 15.5 Å². The highest BCUT2D eigenvalue weighted by Crippen LogP contribution is 2.21. The van der Waals surface area contributed by atoms with Gasteiger partial charge < -0.3 is 19.8 Å². The third-order valence-corrected chi connectivity index (χ3v) is 4.22. The van der Waals surface area contributed by atoms with Crippen molar-refractivity contribution in [3.63, 3.8) is 0 Å². The van der Waals surface area contributed by atoms with E-state index in [-0.39, 0.29) is 18.2 Å². The van der Waals surface area contributed by atoms with Gasteiger partial charge in [-0.3, -0.25) is 14.4 Å². The number of hydrogen-bond donors (Lipinski definition) is 2. The van der Waals surface area contributed by atoms with Gasteiger partial charge in [-0.25, -0.2) is 4.98 Å². The molecule has 0 aromatic carbocycles. The Balaban J connectivity index is 0.000000817. The smallest absolute Gasteiger partial charge is 0.290 e. The number of nitrogens with one attached hydrogen (secondary N) is 1. The summed E-state index contributed by atoms with van der Waals surface area (Å²) in [4.78, 5) is 38.2. The van der Waals surface area contributed by atoms with Crippen LogP contribution in [0.4, 0.5) is 5.82 Å². The van der Waals surface area contributed by atoms with Crippen LogP contribution in [0.1, 0.15) is 40.6 Å². The Bertz CT molecular complexity index is 746. The van der Waals surface area contributed by atoms with E-state index in [0.717, 1.165) is 31.7 Å². The number of carbonyl (C=O) groups is 3. The van der Waals surface area contributed by atoms with Gasteiger partial charge >= 0.3 is 0 Å². The standard InChI is InChI=1S/C17H20N4O3.CH2O2/c1-12(22)14-4-5-16(18-10-14)21-7-2-3-13(11-21)9-19-17(23)15-6-8-24-20-15;2-1-3/h4-6,8,10,13H,2-3,7,9,11H2,1H3,(H,19,23);1H,(H,2,3). The maximum Gasteiger partial charge on any atom is 0.290 e. The van der Waals surface area contributed by atoms with Crippen LogP contribution in [-0.2, 0) is 4.79 Å². The molecule has 1 fully saturated rings. The van der Waals surface area contributed by atoms with Crippen LogP contribution < -0.4 is 10.2 Å². The molecule has 3 rings (SSSR count). The number of amides is 1. The molecule has 0 radical (unpaired) electrons. The first-order valence-corrected chi connectivity index (χ1v) is 8.53. The van der Waals surface area contributed by atoms with E-state index >= 15 is 0 Å². The van der Waals surface area contributed by atoms with E-state index in [4.69, 9.17) is 9.90 Å². The summed E-state index contributed by atoms with van der Waals surface area (Å²) in [6.45, 7) is 3.63. The molecule has 0 bridgehead atoms. The molecule has 27 heavy (non-hydrogen) atoms. The highest BCUT2D eigenvalue weighted by Gasteiger charge is 2.22. The van der Waals surface area contributed by atoms with Gasteiger partial charge in [0.05, 0.1) is 0 Å². The molecular formula is C18H22N4O5. The summed E-state index contributed by atoms with van der Waals surface area (Å²) in [5.74, 6) is 1.02. The second-order valence-corrected chi connectivity index (χ2v) is 6.12. The van der Waals surface area contributed by atoms with Gasteiger partial charge in [-0.05, 0) is 37.8 Å². The Labute approximate surface area is 156 Å². The number of ketones is 1. The molecule has 9 nitrogen and oxygen atoms in total. The molecule has 0 saturated carbocycles. The lowest BCUT2D eigenvalue weighted by atomic mass is 9.98. The molecular weight excluding hydrogens is 352 g/mol. The number of Topliss-reactive ketones (excluding diaryl/α,β-unsaturated/α-hetero) is 1. The Hall–Kier alpha value is -3.23. The van der Waals surface area contributed by atoms with E-state index in [0.29, 0.717) is 23.7 Å². The number of piperidine rings is 1. The van der Waals surface area contributed by atoms with E-state index in [2.05, 4.69) is 24.9 Å². The summed E-state index contributed by atoms with van der Waals surface area (Å²) < 4.78 is 4.68. The van der Waals surface area contributed by atoms with Crippen LogP contribution >= 0.6 is 0 Å². The zero-order valence-electron chi connectivity index (χ0n) is 15.0. The summed E-state index contributed by atoms with van der Waals surface area (Å²) in [6, 6.07) is 5.23. The second-order valence-electron chi connectivity index (χ2n) is 6.12. The highest BCUT2D eigenvalue weighted by molar-refractivity contribution is 5.93. The lowest BCUT2D eigenvalue weighted by molar-refractivity contribution is -0.122. The van der Waals surface area contributed by atoms with Gasteiger partial charge in [0.1, 0.15) is 12.1 Å². The Morgan fingerprint density at radius 2 is 2.19 bits per heavy atom. The number of carbonyl (C=O) groups excluding carboxylic acids is 2. The topological polar surface area (TPSA) is 126 Å². The van der Waals surface area contributed by atoms with Crippen LogP contribution in [0.5, 0.6) is 0 Å². The first-order valence-electron chi connectivity index (χ1n) is 8.53. The fraction of sp³-hybridized carbons (Fsp3) is 0.389. The molecule has 0 aliphatic carbocycles. The Morgan fingerprint density at radius 1 is 1.41 bits per heavy atom. The van der Waals surface area contributed by atoms with Crippen molar-refractivity contribution < 1.29 is 24.0 Å². The van der Waals surface area contributed by atoms with Gasteiger partial charge in [0.15, 0.2) is 11.5 Å². The molecule has 1 saturated heterocycles. The predicted molar refractivity (Wildman–Crippen MR) is 96.7 cm³/mol. The summed E-state index contributed by atoms with van der Waals surface area (Å²) in [6.07, 6.45) is 5.10. The fourth-order valence-electron chi connectivity index (χ4n) is 2.88. The molecule has 1 unspecified atom stereocenters. The fourth-order valence-corrected chi connectivity index (χ4v) is 2.88. The number of pyridine rings is 1. The Morgan fingerprint density at radius 3 is 2.78 bits per heavy atom. The van der Waals surface area contributed by atoms with Gasteiger partial charge in [-0.2, -0.15) is 0 Å². The molecule has 1 atom stereocenters. The zero-order chi connectivity index (χ0) is 19.6. The van der Waals surface area contributed by atoms with Gasteiger partial charge in [0, 0.05) is 37.5 Å². The van der Waals surface area contributed by atoms with Gasteiger partial charge in [0.25, 0.3) is 12.4 Å². The van der Waals surface area contributed by atoms with Crippen LogP contribution in [0.3, 0.4) is 0 Å². The van der Waals surface area contributed by atoms with Gasteiger partial charge in [0.2, 0.25) is 0 Å². The van der Waals surface area contributed by atoms with E-state index in [9.17, 15) is 9.59 Å². The Kier molecular flexibility index (Phi) is 7.48. The average molecular weight is 374 g/mol. The molecule has 144 valence electrons. The monoisotopic (exact) mass is 374 g/mol. The first kappa shape index (κ1) is 20.1. The summed E-state index contributed by atoms with van der Waals surface area (Å²) in [7, 11) is 0. The van der Waals surface area contributed by atoms with Crippen molar-refractivity contribution in [2.45, 2.75) is 19.8 Å². The van der Waals surface area contributed by atoms with Crippen LogP contribution in [-0.4, -0.2) is 53.0 Å². The molecule has 2 aromatic rings. The minimum Gasteiger partial charge on any atom is -0.483 e. The minimum atomic E-state index is -0.250. The summed E-state index contributed by atoms with van der Waals surface area (Å²) in [5.41, 5.74) is 0.913. The van der Waals surface area contributed by atoms with E-state index < -0.39 is 0 Å². The van der Waals surface area contributed by atoms with Crippen molar-refractivity contribution in [2.75, 3.05) is 24.5 Å². The minimum absolute atomic E-state index is 0.0149. The molecule has 2 N–H and O–H groups in total. The molecule has 0 spiro atoms. The molecule has 1 aliphatic rings. The third kappa shape index (κ3) is 5.91. The molecule has 9 heteroatoms. The maximum atomic E-state index is 11.9. The second kappa shape index (κ2) is 10.0. The van der Waals surface area contributed by atoms with Crippen molar-refractivity contribution >= 4 is 24.0 Å². The molecule has 1 aliphatic heterocycles. The lowest BCUT2D eigenvalue weighted by Gasteiger charge is -2.33. The number of nitrogens with zero attached hydrogens (tertiary/aromatic N) is 3. The third-order valence-electron chi connectivity index (χ3n) is 4.22. The van der Waals surface area contributed by atoms with Crippen LogP contribution in [0.15, 0.2) is 35.2 Å². The number of carboxylic acid groups (broad SMARTS) is 1. The van der Waals surface area contributed by atoms with Crippen molar-refractivity contribution in [3.05, 3.63) is 41.9 Å². The van der Waals surface area contributed by atoms with Crippen molar-refractivity contribution in [3.8, 4) is 0 Å². The van der Waals surface area contributed by atoms with Crippen LogP contribution in [0.25, 0.3) is 0 Å². The van der Waals surface area contributed by atoms with Crippen molar-refractivity contribution in [2.24, 2.45) is 5.92 Å². The normalized spacial score (nSPS) is 16.0. The molecule has 3 heterocycles. The van der Waals surface area contributed by atoms with Gasteiger partial charge in [-0.1, -0.05) is 5.16 Å². The first-order chi connectivity index (χ1) is 13.0. The van der Waals surface area contributed by atoms with Crippen molar-refractivity contribution in [1.29, 1.82) is 0 Å². The molecule has 2 aromatic heterocycles. The van der Waals surface area contributed by atoms with E-state index in [1.54, 1.807) is 18.3 Å². The summed E-state index contributed by atoms with van der Waals surface area (Å²) in [5, 5.41) is 13.4. The van der Waals surface area contributed by atoms with E-state index in [1.165, 1.54) is 13.2 Å². The maximum absolute atomic E-state index is 11.9. The van der Waals surface area contributed by atoms with E-state index in [1.807, 2.05) is 6.07 Å². The largest absolute Gasteiger partial charge is 0.483 e. The van der Waals surface area contributed by atoms with Crippen LogP contribution in [0, 0.1) is 5.92 Å². The quantitative estimate of drug-likeness (QED) is 0.597. The predicted octanol–water partition coefficient (Wildman–Crippen LogP) is 1.62. The lowest BCUT2D eigenvalue weighted by Crippen LogP contribution is -2.41. The van der Waals surface area contributed by atoms with Crippen LogP contribution in [0.2, 0.25) is 0 Å². The van der Waals surface area contributed by atoms with Gasteiger partial charge in [-0.15, -0.1) is 0 Å². The SMILES string of the molecule is CC(=O)c1ccc(N2CCCC(CNC(=O)c3ccon3)C2)nc1.O=CO. The number of anilines is 1. The number of rotatable bonds is 5. The highest BCUT2D eigenvalue weighted by atomic mass is 16.5. The average Bonchev–Trinajstić information content (AvgIpc) is 3.22. The summed E-state index contributed by atoms with van der Waals surface area (Å²) >= 11 is 0. The molecule has 1 amide bonds. The zero-order valence-corrected chi connectivity index (χ0v) is 15.0.